The Hall–Kier alpha value is -2.86. The largest absolute Gasteiger partial charge is 0.450 e. The normalized spacial score (nSPS) is 21.8. The van der Waals surface area contributed by atoms with Gasteiger partial charge in [0.25, 0.3) is 5.91 Å². The van der Waals surface area contributed by atoms with E-state index >= 15 is 0 Å². The Balaban J connectivity index is 1.33. The van der Waals surface area contributed by atoms with Gasteiger partial charge in [0.15, 0.2) is 5.17 Å². The van der Waals surface area contributed by atoms with Crippen LogP contribution >= 0.6 is 11.8 Å². The minimum atomic E-state index is -0.545. The van der Waals surface area contributed by atoms with E-state index in [2.05, 4.69) is 9.89 Å². The van der Waals surface area contributed by atoms with Crippen molar-refractivity contribution in [2.24, 2.45) is 4.99 Å². The molecule has 146 valence electrons. The maximum atomic E-state index is 12.5. The lowest BCUT2D eigenvalue weighted by molar-refractivity contribution is -0.113. The number of hydrogen-bond acceptors (Lipinski definition) is 5. The topological polar surface area (TPSA) is 59.0 Å². The maximum absolute atomic E-state index is 12.5. The summed E-state index contributed by atoms with van der Waals surface area (Å²) in [5.41, 5.74) is 3.10. The van der Waals surface area contributed by atoms with E-state index in [4.69, 9.17) is 4.74 Å². The molecule has 0 N–H and O–H groups in total. The smallest absolute Gasteiger partial charge is 0.339 e. The Labute approximate surface area is 173 Å². The fourth-order valence-corrected chi connectivity index (χ4v) is 5.29. The van der Waals surface area contributed by atoms with E-state index < -0.39 is 5.60 Å². The molecular formula is C23H20N2O3S. The van der Waals surface area contributed by atoms with Gasteiger partial charge in [0.05, 0.1) is 10.5 Å². The molecule has 0 aliphatic carbocycles. The fourth-order valence-electron chi connectivity index (χ4n) is 4.26. The predicted molar refractivity (Wildman–Crippen MR) is 113 cm³/mol. The average molecular weight is 404 g/mol. The molecule has 2 aromatic rings. The molecule has 0 aromatic heterocycles. The highest BCUT2D eigenvalue weighted by molar-refractivity contribution is 8.18. The maximum Gasteiger partial charge on any atom is 0.339 e. The first-order valence-electron chi connectivity index (χ1n) is 9.72. The van der Waals surface area contributed by atoms with Crippen molar-refractivity contribution in [1.82, 2.24) is 4.90 Å². The van der Waals surface area contributed by atoms with Crippen LogP contribution in [0.15, 0.2) is 64.5 Å². The number of benzene rings is 2. The van der Waals surface area contributed by atoms with E-state index in [9.17, 15) is 9.59 Å². The SMILES string of the molecule is C/C(=C1/SC(N2CCC3(CC2)OC(=O)c2ccccc23)=NC1=O)c1ccccc1. The number of hydrogen-bond donors (Lipinski definition) is 0. The summed E-state index contributed by atoms with van der Waals surface area (Å²) in [6.07, 6.45) is 1.39. The second-order valence-electron chi connectivity index (χ2n) is 7.54. The molecule has 6 heteroatoms. The minimum absolute atomic E-state index is 0.177. The van der Waals surface area contributed by atoms with Gasteiger partial charge < -0.3 is 9.64 Å². The van der Waals surface area contributed by atoms with Crippen molar-refractivity contribution in [3.63, 3.8) is 0 Å². The van der Waals surface area contributed by atoms with Gasteiger partial charge in [0.1, 0.15) is 5.60 Å². The first-order chi connectivity index (χ1) is 14.1. The number of thioether (sulfide) groups is 1. The molecule has 0 bridgehead atoms. The Morgan fingerprint density at radius 3 is 2.48 bits per heavy atom. The lowest BCUT2D eigenvalue weighted by Crippen LogP contribution is -2.44. The molecule has 0 radical (unpaired) electrons. The zero-order chi connectivity index (χ0) is 20.0. The molecule has 5 nitrogen and oxygen atoms in total. The van der Waals surface area contributed by atoms with Crippen molar-refractivity contribution in [2.45, 2.75) is 25.4 Å². The van der Waals surface area contributed by atoms with Gasteiger partial charge in [0.2, 0.25) is 0 Å². The molecule has 0 saturated carbocycles. The zero-order valence-corrected chi connectivity index (χ0v) is 16.9. The predicted octanol–water partition coefficient (Wildman–Crippen LogP) is 4.21. The molecule has 1 fully saturated rings. The Morgan fingerprint density at radius 2 is 1.72 bits per heavy atom. The van der Waals surface area contributed by atoms with Crippen molar-refractivity contribution in [3.05, 3.63) is 76.2 Å². The summed E-state index contributed by atoms with van der Waals surface area (Å²) in [5.74, 6) is -0.412. The van der Waals surface area contributed by atoms with Gasteiger partial charge in [0, 0.05) is 31.5 Å². The number of amides is 1. The first kappa shape index (κ1) is 18.2. The van der Waals surface area contributed by atoms with E-state index in [0.717, 1.165) is 21.9 Å². The number of amidine groups is 1. The second-order valence-corrected chi connectivity index (χ2v) is 8.52. The van der Waals surface area contributed by atoms with Crippen molar-refractivity contribution < 1.29 is 14.3 Å². The van der Waals surface area contributed by atoms with E-state index in [0.29, 0.717) is 36.4 Å². The Kier molecular flexibility index (Phi) is 4.32. The lowest BCUT2D eigenvalue weighted by Gasteiger charge is -2.39. The third-order valence-corrected chi connectivity index (χ3v) is 7.12. The van der Waals surface area contributed by atoms with Crippen molar-refractivity contribution in [1.29, 1.82) is 0 Å². The van der Waals surface area contributed by atoms with E-state index in [1.54, 1.807) is 0 Å². The van der Waals surface area contributed by atoms with Crippen LogP contribution < -0.4 is 0 Å². The molecule has 29 heavy (non-hydrogen) atoms. The molecule has 1 amide bonds. The lowest BCUT2D eigenvalue weighted by atomic mass is 9.84. The van der Waals surface area contributed by atoms with Gasteiger partial charge in [-0.3, -0.25) is 4.79 Å². The summed E-state index contributed by atoms with van der Waals surface area (Å²) < 4.78 is 5.82. The minimum Gasteiger partial charge on any atom is -0.450 e. The van der Waals surface area contributed by atoms with Crippen molar-refractivity contribution in [2.75, 3.05) is 13.1 Å². The Morgan fingerprint density at radius 1 is 1.03 bits per heavy atom. The van der Waals surface area contributed by atoms with E-state index in [1.165, 1.54) is 11.8 Å². The van der Waals surface area contributed by atoms with Gasteiger partial charge in [-0.15, -0.1) is 0 Å². The van der Waals surface area contributed by atoms with Gasteiger partial charge in [-0.25, -0.2) is 4.79 Å². The molecule has 3 aliphatic heterocycles. The van der Waals surface area contributed by atoms with Crippen LogP contribution in [0.3, 0.4) is 0 Å². The summed E-state index contributed by atoms with van der Waals surface area (Å²) in [6.45, 7) is 3.35. The Bertz CT molecular complexity index is 1070. The third-order valence-electron chi connectivity index (χ3n) is 5.90. The summed E-state index contributed by atoms with van der Waals surface area (Å²) in [5, 5.41) is 0.743. The van der Waals surface area contributed by atoms with Crippen molar-refractivity contribution in [3.8, 4) is 0 Å². The monoisotopic (exact) mass is 404 g/mol. The summed E-state index contributed by atoms with van der Waals surface area (Å²) in [6, 6.07) is 17.6. The zero-order valence-electron chi connectivity index (χ0n) is 16.1. The fraction of sp³-hybridized carbons (Fsp3) is 0.261. The van der Waals surface area contributed by atoms with Crippen LogP contribution in [0, 0.1) is 0 Å². The second kappa shape index (κ2) is 6.88. The number of carbonyl (C=O) groups excluding carboxylic acids is 2. The number of allylic oxidation sites excluding steroid dienone is 1. The highest BCUT2D eigenvalue weighted by atomic mass is 32.2. The van der Waals surface area contributed by atoms with Gasteiger partial charge in [-0.05, 0) is 35.9 Å². The van der Waals surface area contributed by atoms with Crippen LogP contribution in [0.25, 0.3) is 5.57 Å². The molecule has 5 rings (SSSR count). The summed E-state index contributed by atoms with van der Waals surface area (Å²) in [4.78, 5) is 31.9. The van der Waals surface area contributed by atoms with Crippen molar-refractivity contribution >= 4 is 34.4 Å². The third kappa shape index (κ3) is 2.99. The molecule has 1 spiro atoms. The quantitative estimate of drug-likeness (QED) is 0.526. The van der Waals surface area contributed by atoms with Gasteiger partial charge >= 0.3 is 5.97 Å². The standard InChI is InChI=1S/C23H20N2O3S/c1-15(16-7-3-2-4-8-16)19-20(26)24-22(29-19)25-13-11-23(12-14-25)18-10-6-5-9-17(18)21(27)28-23/h2-10H,11-14H2,1H3/b19-15-. The van der Waals surface area contributed by atoms with Gasteiger partial charge in [-0.2, -0.15) is 4.99 Å². The molecule has 2 aromatic carbocycles. The summed E-state index contributed by atoms with van der Waals surface area (Å²) >= 11 is 1.44. The van der Waals surface area contributed by atoms with Crippen LogP contribution in [0.5, 0.6) is 0 Å². The number of likely N-dealkylation sites (tertiary alicyclic amines) is 1. The van der Waals surface area contributed by atoms with Crippen LogP contribution in [0.1, 0.15) is 41.3 Å². The number of aliphatic imine (C=N–C) groups is 1. The first-order valence-corrected chi connectivity index (χ1v) is 10.5. The van der Waals surface area contributed by atoms with E-state index in [1.807, 2.05) is 61.5 Å². The van der Waals surface area contributed by atoms with Crippen LogP contribution in [-0.2, 0) is 15.1 Å². The molecule has 3 heterocycles. The van der Waals surface area contributed by atoms with Gasteiger partial charge in [-0.1, -0.05) is 48.5 Å². The molecule has 3 aliphatic rings. The number of carbonyl (C=O) groups is 2. The molecular weight excluding hydrogens is 384 g/mol. The highest BCUT2D eigenvalue weighted by Crippen LogP contribution is 2.45. The molecule has 0 unspecified atom stereocenters. The summed E-state index contributed by atoms with van der Waals surface area (Å²) in [7, 11) is 0. The average Bonchev–Trinajstić information content (AvgIpc) is 3.27. The van der Waals surface area contributed by atoms with Crippen LogP contribution in [-0.4, -0.2) is 35.0 Å². The van der Waals surface area contributed by atoms with E-state index in [-0.39, 0.29) is 11.9 Å². The van der Waals surface area contributed by atoms with Crippen LogP contribution in [0.4, 0.5) is 0 Å². The number of ether oxygens (including phenoxy) is 1. The molecule has 0 atom stereocenters. The highest BCUT2D eigenvalue weighted by Gasteiger charge is 2.47. The van der Waals surface area contributed by atoms with Crippen LogP contribution in [0.2, 0.25) is 0 Å². The number of nitrogens with zero attached hydrogens (tertiary/aromatic N) is 2. The number of piperidine rings is 1. The molecule has 1 saturated heterocycles. The number of esters is 1. The number of fused-ring (bicyclic) bond motifs is 2. The number of rotatable bonds is 1.